The van der Waals surface area contributed by atoms with Crippen molar-refractivity contribution < 1.29 is 9.90 Å². The van der Waals surface area contributed by atoms with Gasteiger partial charge in [0.2, 0.25) is 5.91 Å². The Balaban J connectivity index is 1.39. The highest BCUT2D eigenvalue weighted by molar-refractivity contribution is 5.80. The molecule has 4 saturated carbocycles. The lowest BCUT2D eigenvalue weighted by molar-refractivity contribution is -0.150. The van der Waals surface area contributed by atoms with Gasteiger partial charge in [0, 0.05) is 38.6 Å². The molecule has 4 aliphatic carbocycles. The normalized spacial score (nSPS) is 42.5. The Labute approximate surface area is 127 Å². The second-order valence-corrected chi connectivity index (χ2v) is 7.85. The predicted molar refractivity (Wildman–Crippen MR) is 80.6 cm³/mol. The molecular formula is C17H28N2O2. The van der Waals surface area contributed by atoms with Gasteiger partial charge in [-0.05, 0) is 55.8 Å². The fourth-order valence-corrected chi connectivity index (χ4v) is 5.87. The van der Waals surface area contributed by atoms with Gasteiger partial charge in [-0.15, -0.1) is 0 Å². The first-order valence-electron chi connectivity index (χ1n) is 8.86. The molecule has 5 aliphatic rings. The van der Waals surface area contributed by atoms with Gasteiger partial charge in [0.05, 0.1) is 6.61 Å². The lowest BCUT2D eigenvalue weighted by Crippen LogP contribution is -2.56. The lowest BCUT2D eigenvalue weighted by Gasteiger charge is -2.54. The second-order valence-electron chi connectivity index (χ2n) is 7.85. The number of β-amino-alcohol motifs (C(OH)–C–C–N with tert-alkyl or cyclic N) is 1. The maximum Gasteiger partial charge on any atom is 0.226 e. The first-order chi connectivity index (χ1) is 10.2. The van der Waals surface area contributed by atoms with E-state index < -0.39 is 0 Å². The molecule has 118 valence electrons. The molecular weight excluding hydrogens is 264 g/mol. The Morgan fingerprint density at radius 2 is 1.48 bits per heavy atom. The molecule has 1 saturated heterocycles. The van der Waals surface area contributed by atoms with Crippen LogP contribution in [0.5, 0.6) is 0 Å². The van der Waals surface area contributed by atoms with Crippen LogP contribution in [-0.2, 0) is 4.79 Å². The molecule has 0 aromatic carbocycles. The number of hydrogen-bond donors (Lipinski definition) is 1. The minimum atomic E-state index is 0.226. The Hall–Kier alpha value is -0.610. The van der Waals surface area contributed by atoms with Gasteiger partial charge in [0.25, 0.3) is 0 Å². The summed E-state index contributed by atoms with van der Waals surface area (Å²) in [6.45, 7) is 4.56. The minimum Gasteiger partial charge on any atom is -0.395 e. The van der Waals surface area contributed by atoms with Crippen molar-refractivity contribution in [3.05, 3.63) is 0 Å². The summed E-state index contributed by atoms with van der Waals surface area (Å²) >= 11 is 0. The fourth-order valence-electron chi connectivity index (χ4n) is 5.87. The average molecular weight is 292 g/mol. The smallest absolute Gasteiger partial charge is 0.226 e. The number of nitrogens with zero attached hydrogens (tertiary/aromatic N) is 2. The highest BCUT2D eigenvalue weighted by Gasteiger charge is 2.51. The van der Waals surface area contributed by atoms with E-state index in [1.165, 1.54) is 32.1 Å². The summed E-state index contributed by atoms with van der Waals surface area (Å²) in [6, 6.07) is 0. The monoisotopic (exact) mass is 292 g/mol. The van der Waals surface area contributed by atoms with E-state index in [0.29, 0.717) is 23.7 Å². The Bertz CT molecular complexity index is 376. The number of aliphatic hydroxyl groups is 1. The van der Waals surface area contributed by atoms with Crippen LogP contribution < -0.4 is 0 Å². The van der Waals surface area contributed by atoms with E-state index in [9.17, 15) is 4.79 Å². The number of piperazine rings is 1. The van der Waals surface area contributed by atoms with Crippen LogP contribution in [0.3, 0.4) is 0 Å². The van der Waals surface area contributed by atoms with Crippen LogP contribution in [0, 0.1) is 29.6 Å². The summed E-state index contributed by atoms with van der Waals surface area (Å²) in [5.74, 6) is 4.10. The van der Waals surface area contributed by atoms with E-state index >= 15 is 0 Å². The number of rotatable bonds is 3. The van der Waals surface area contributed by atoms with Gasteiger partial charge in [0.15, 0.2) is 0 Å². The molecule has 1 N–H and O–H groups in total. The van der Waals surface area contributed by atoms with Crippen LogP contribution in [0.1, 0.15) is 32.1 Å². The van der Waals surface area contributed by atoms with Crippen molar-refractivity contribution in [1.29, 1.82) is 0 Å². The summed E-state index contributed by atoms with van der Waals surface area (Å²) in [5, 5.41) is 9.01. The van der Waals surface area contributed by atoms with Gasteiger partial charge < -0.3 is 10.0 Å². The van der Waals surface area contributed by atoms with Crippen molar-refractivity contribution in [2.24, 2.45) is 29.6 Å². The molecule has 0 aromatic heterocycles. The fraction of sp³-hybridized carbons (Fsp3) is 0.941. The number of aliphatic hydroxyl groups excluding tert-OH is 1. The lowest BCUT2D eigenvalue weighted by atomic mass is 9.51. The van der Waals surface area contributed by atoms with Crippen molar-refractivity contribution in [3.8, 4) is 0 Å². The molecule has 1 amide bonds. The van der Waals surface area contributed by atoms with Crippen LogP contribution in [0.15, 0.2) is 0 Å². The molecule has 0 radical (unpaired) electrons. The Morgan fingerprint density at radius 1 is 0.905 bits per heavy atom. The molecule has 4 heteroatoms. The topological polar surface area (TPSA) is 43.8 Å². The predicted octanol–water partition coefficient (Wildman–Crippen LogP) is 1.20. The molecule has 5 fully saturated rings. The first-order valence-corrected chi connectivity index (χ1v) is 8.86. The molecule has 1 aliphatic heterocycles. The molecule has 0 aromatic rings. The van der Waals surface area contributed by atoms with Crippen LogP contribution in [0.2, 0.25) is 0 Å². The number of carbonyl (C=O) groups is 1. The Morgan fingerprint density at radius 3 is 2.00 bits per heavy atom. The van der Waals surface area contributed by atoms with Crippen LogP contribution >= 0.6 is 0 Å². The largest absolute Gasteiger partial charge is 0.395 e. The minimum absolute atomic E-state index is 0.226. The van der Waals surface area contributed by atoms with Crippen LogP contribution in [-0.4, -0.2) is 60.1 Å². The van der Waals surface area contributed by atoms with Crippen molar-refractivity contribution in [1.82, 2.24) is 9.80 Å². The summed E-state index contributed by atoms with van der Waals surface area (Å²) in [4.78, 5) is 17.4. The summed E-state index contributed by atoms with van der Waals surface area (Å²) in [7, 11) is 0. The number of carbonyl (C=O) groups excluding carboxylic acids is 1. The van der Waals surface area contributed by atoms with Crippen LogP contribution in [0.4, 0.5) is 0 Å². The molecule has 1 heterocycles. The molecule has 4 nitrogen and oxygen atoms in total. The molecule has 0 spiro atoms. The highest BCUT2D eigenvalue weighted by Crippen LogP contribution is 2.56. The molecule has 5 rings (SSSR count). The summed E-state index contributed by atoms with van der Waals surface area (Å²) in [6.07, 6.45) is 6.76. The number of hydrogen-bond acceptors (Lipinski definition) is 3. The maximum atomic E-state index is 13.0. The van der Waals surface area contributed by atoms with Gasteiger partial charge in [-0.25, -0.2) is 0 Å². The third-order valence-corrected chi connectivity index (χ3v) is 6.61. The Kier molecular flexibility index (Phi) is 3.70. The van der Waals surface area contributed by atoms with Gasteiger partial charge in [-0.2, -0.15) is 0 Å². The van der Waals surface area contributed by atoms with E-state index in [-0.39, 0.29) is 6.61 Å². The number of amides is 1. The molecule has 21 heavy (non-hydrogen) atoms. The third kappa shape index (κ3) is 2.50. The van der Waals surface area contributed by atoms with E-state index in [1.807, 2.05) is 0 Å². The molecule has 0 unspecified atom stereocenters. The highest BCUT2D eigenvalue weighted by atomic mass is 16.3. The first kappa shape index (κ1) is 14.0. The SMILES string of the molecule is O=C(C1C2CC3CC(C2)CC1C3)N1CCN(CCO)CC1. The van der Waals surface area contributed by atoms with Crippen molar-refractivity contribution in [2.45, 2.75) is 32.1 Å². The standard InChI is InChI=1S/C17H28N2O2/c20-6-5-18-1-3-19(4-2-18)17(21)16-14-8-12-7-13(10-14)11-15(16)9-12/h12-16,20H,1-11H2. The van der Waals surface area contributed by atoms with Crippen molar-refractivity contribution >= 4 is 5.91 Å². The van der Waals surface area contributed by atoms with E-state index in [0.717, 1.165) is 44.6 Å². The third-order valence-electron chi connectivity index (χ3n) is 6.61. The van der Waals surface area contributed by atoms with Gasteiger partial charge >= 0.3 is 0 Å². The van der Waals surface area contributed by atoms with Gasteiger partial charge in [-0.1, -0.05) is 0 Å². The van der Waals surface area contributed by atoms with Crippen LogP contribution in [0.25, 0.3) is 0 Å². The zero-order valence-corrected chi connectivity index (χ0v) is 12.9. The van der Waals surface area contributed by atoms with E-state index in [4.69, 9.17) is 5.11 Å². The maximum absolute atomic E-state index is 13.0. The summed E-state index contributed by atoms with van der Waals surface area (Å²) < 4.78 is 0. The van der Waals surface area contributed by atoms with Crippen molar-refractivity contribution in [2.75, 3.05) is 39.3 Å². The quantitative estimate of drug-likeness (QED) is 0.850. The average Bonchev–Trinajstić information content (AvgIpc) is 2.47. The summed E-state index contributed by atoms with van der Waals surface area (Å²) in [5.41, 5.74) is 0. The second kappa shape index (κ2) is 5.54. The molecule has 4 bridgehead atoms. The van der Waals surface area contributed by atoms with E-state index in [1.54, 1.807) is 0 Å². The van der Waals surface area contributed by atoms with E-state index in [2.05, 4.69) is 9.80 Å². The zero-order valence-electron chi connectivity index (χ0n) is 12.9. The van der Waals surface area contributed by atoms with Gasteiger partial charge in [0.1, 0.15) is 0 Å². The van der Waals surface area contributed by atoms with Gasteiger partial charge in [-0.3, -0.25) is 9.69 Å². The van der Waals surface area contributed by atoms with Crippen molar-refractivity contribution in [3.63, 3.8) is 0 Å². The zero-order chi connectivity index (χ0) is 14.4. The molecule has 0 atom stereocenters.